The Hall–Kier alpha value is -0.100. The first-order valence-electron chi connectivity index (χ1n) is 5.34. The SMILES string of the molecule is CCC(CC)NC(=O)c1cc(Br)ccc1I. The molecule has 0 heterocycles. The number of carbonyl (C=O) groups excluding carboxylic acids is 1. The zero-order valence-electron chi connectivity index (χ0n) is 9.39. The van der Waals surface area contributed by atoms with Gasteiger partial charge in [0.1, 0.15) is 0 Å². The second kappa shape index (κ2) is 6.59. The molecular weight excluding hydrogens is 381 g/mol. The third-order valence-corrected chi connectivity index (χ3v) is 3.93. The lowest BCUT2D eigenvalue weighted by Crippen LogP contribution is -2.34. The van der Waals surface area contributed by atoms with E-state index in [0.29, 0.717) is 0 Å². The fourth-order valence-electron chi connectivity index (χ4n) is 1.43. The fourth-order valence-corrected chi connectivity index (χ4v) is 2.37. The molecule has 16 heavy (non-hydrogen) atoms. The van der Waals surface area contributed by atoms with Crippen LogP contribution in [-0.4, -0.2) is 11.9 Å². The van der Waals surface area contributed by atoms with Gasteiger partial charge in [0, 0.05) is 14.1 Å². The normalized spacial score (nSPS) is 10.6. The van der Waals surface area contributed by atoms with Crippen molar-refractivity contribution in [1.82, 2.24) is 5.32 Å². The molecule has 0 unspecified atom stereocenters. The van der Waals surface area contributed by atoms with Crippen LogP contribution in [0.15, 0.2) is 22.7 Å². The highest BCUT2D eigenvalue weighted by atomic mass is 127. The largest absolute Gasteiger partial charge is 0.349 e. The number of hydrogen-bond acceptors (Lipinski definition) is 1. The predicted molar refractivity (Wildman–Crippen MR) is 78.7 cm³/mol. The summed E-state index contributed by atoms with van der Waals surface area (Å²) in [6.07, 6.45) is 1.93. The van der Waals surface area contributed by atoms with E-state index < -0.39 is 0 Å². The Morgan fingerprint density at radius 3 is 2.62 bits per heavy atom. The maximum Gasteiger partial charge on any atom is 0.252 e. The van der Waals surface area contributed by atoms with E-state index in [1.54, 1.807) is 0 Å². The maximum atomic E-state index is 12.0. The van der Waals surface area contributed by atoms with Gasteiger partial charge >= 0.3 is 0 Å². The molecule has 0 aliphatic carbocycles. The molecule has 0 atom stereocenters. The van der Waals surface area contributed by atoms with Gasteiger partial charge in [0.2, 0.25) is 0 Å². The van der Waals surface area contributed by atoms with Gasteiger partial charge in [-0.2, -0.15) is 0 Å². The Kier molecular flexibility index (Phi) is 5.75. The van der Waals surface area contributed by atoms with Crippen molar-refractivity contribution < 1.29 is 4.79 Å². The number of amides is 1. The molecule has 0 saturated carbocycles. The van der Waals surface area contributed by atoms with Crippen LogP contribution >= 0.6 is 38.5 Å². The quantitative estimate of drug-likeness (QED) is 0.767. The van der Waals surface area contributed by atoms with Crippen LogP contribution in [0.1, 0.15) is 37.0 Å². The molecule has 0 aromatic heterocycles. The zero-order chi connectivity index (χ0) is 12.1. The average Bonchev–Trinajstić information content (AvgIpc) is 2.28. The summed E-state index contributed by atoms with van der Waals surface area (Å²) in [5.41, 5.74) is 0.738. The molecule has 1 amide bonds. The van der Waals surface area contributed by atoms with Gasteiger partial charge in [-0.15, -0.1) is 0 Å². The number of hydrogen-bond donors (Lipinski definition) is 1. The van der Waals surface area contributed by atoms with Crippen molar-refractivity contribution in [2.24, 2.45) is 0 Å². The van der Waals surface area contributed by atoms with E-state index >= 15 is 0 Å². The van der Waals surface area contributed by atoms with Crippen molar-refractivity contribution in [3.8, 4) is 0 Å². The van der Waals surface area contributed by atoms with Crippen molar-refractivity contribution in [2.45, 2.75) is 32.7 Å². The van der Waals surface area contributed by atoms with Crippen molar-refractivity contribution in [3.05, 3.63) is 31.8 Å². The lowest BCUT2D eigenvalue weighted by molar-refractivity contribution is 0.0934. The average molecular weight is 396 g/mol. The van der Waals surface area contributed by atoms with Crippen LogP contribution < -0.4 is 5.32 Å². The van der Waals surface area contributed by atoms with Gasteiger partial charge in [-0.05, 0) is 53.6 Å². The third-order valence-electron chi connectivity index (χ3n) is 2.49. The molecule has 88 valence electrons. The van der Waals surface area contributed by atoms with Gasteiger partial charge in [-0.3, -0.25) is 4.79 Å². The Labute approximate surface area is 118 Å². The summed E-state index contributed by atoms with van der Waals surface area (Å²) in [6.45, 7) is 4.17. The fraction of sp³-hybridized carbons (Fsp3) is 0.417. The predicted octanol–water partition coefficient (Wildman–Crippen LogP) is 3.97. The first-order chi connectivity index (χ1) is 7.58. The molecule has 0 radical (unpaired) electrons. The molecule has 1 aromatic carbocycles. The number of nitrogens with one attached hydrogen (secondary N) is 1. The summed E-state index contributed by atoms with van der Waals surface area (Å²) in [6, 6.07) is 6.00. The molecule has 0 saturated heterocycles. The van der Waals surface area contributed by atoms with E-state index in [1.807, 2.05) is 18.2 Å². The van der Waals surface area contributed by atoms with Crippen LogP contribution in [0.25, 0.3) is 0 Å². The summed E-state index contributed by atoms with van der Waals surface area (Å²) in [5, 5.41) is 3.04. The molecule has 0 spiro atoms. The van der Waals surface area contributed by atoms with Gasteiger partial charge in [0.05, 0.1) is 5.56 Å². The highest BCUT2D eigenvalue weighted by Gasteiger charge is 2.13. The molecule has 0 fully saturated rings. The first-order valence-corrected chi connectivity index (χ1v) is 7.21. The lowest BCUT2D eigenvalue weighted by Gasteiger charge is -2.15. The van der Waals surface area contributed by atoms with Crippen LogP contribution in [0.5, 0.6) is 0 Å². The molecule has 0 bridgehead atoms. The molecule has 1 N–H and O–H groups in total. The molecule has 0 aliphatic rings. The molecular formula is C12H15BrINO. The summed E-state index contributed by atoms with van der Waals surface area (Å²) in [4.78, 5) is 12.0. The topological polar surface area (TPSA) is 29.1 Å². The minimum absolute atomic E-state index is 0.0133. The van der Waals surface area contributed by atoms with Gasteiger partial charge in [0.25, 0.3) is 5.91 Å². The van der Waals surface area contributed by atoms with Crippen LogP contribution in [0.3, 0.4) is 0 Å². The Morgan fingerprint density at radius 2 is 2.06 bits per heavy atom. The molecule has 1 rings (SSSR count). The van der Waals surface area contributed by atoms with E-state index in [1.165, 1.54) is 0 Å². The summed E-state index contributed by atoms with van der Waals surface area (Å²) in [5.74, 6) is 0.0133. The Bertz CT molecular complexity index is 377. The summed E-state index contributed by atoms with van der Waals surface area (Å²) in [7, 11) is 0. The number of carbonyl (C=O) groups is 1. The zero-order valence-corrected chi connectivity index (χ0v) is 13.1. The Morgan fingerprint density at radius 1 is 1.44 bits per heavy atom. The first kappa shape index (κ1) is 14.0. The minimum atomic E-state index is 0.0133. The second-order valence-electron chi connectivity index (χ2n) is 3.61. The number of rotatable bonds is 4. The number of benzene rings is 1. The van der Waals surface area contributed by atoms with E-state index in [-0.39, 0.29) is 11.9 Å². The summed E-state index contributed by atoms with van der Waals surface area (Å²) < 4.78 is 1.91. The van der Waals surface area contributed by atoms with E-state index in [9.17, 15) is 4.79 Å². The highest BCUT2D eigenvalue weighted by Crippen LogP contribution is 2.18. The molecule has 2 nitrogen and oxygen atoms in total. The number of halogens is 2. The standard InChI is InChI=1S/C12H15BrINO/c1-3-9(4-2)15-12(16)10-7-8(13)5-6-11(10)14/h5-7,9H,3-4H2,1-2H3,(H,15,16). The van der Waals surface area contributed by atoms with Gasteiger partial charge in [0.15, 0.2) is 0 Å². The van der Waals surface area contributed by atoms with Crippen LogP contribution in [0, 0.1) is 3.57 Å². The van der Waals surface area contributed by atoms with E-state index in [4.69, 9.17) is 0 Å². The highest BCUT2D eigenvalue weighted by molar-refractivity contribution is 14.1. The second-order valence-corrected chi connectivity index (χ2v) is 5.69. The van der Waals surface area contributed by atoms with Crippen molar-refractivity contribution in [2.75, 3.05) is 0 Å². The van der Waals surface area contributed by atoms with Crippen molar-refractivity contribution in [1.29, 1.82) is 0 Å². The maximum absolute atomic E-state index is 12.0. The van der Waals surface area contributed by atoms with Crippen LogP contribution in [0.2, 0.25) is 0 Å². The third kappa shape index (κ3) is 3.73. The van der Waals surface area contributed by atoms with E-state index in [2.05, 4.69) is 57.7 Å². The Balaban J connectivity index is 2.83. The monoisotopic (exact) mass is 395 g/mol. The molecule has 0 aliphatic heterocycles. The van der Waals surface area contributed by atoms with Gasteiger partial charge in [-0.25, -0.2) is 0 Å². The van der Waals surface area contributed by atoms with Crippen LogP contribution in [-0.2, 0) is 0 Å². The lowest BCUT2D eigenvalue weighted by atomic mass is 10.1. The van der Waals surface area contributed by atoms with Crippen LogP contribution in [0.4, 0.5) is 0 Å². The van der Waals surface area contributed by atoms with Gasteiger partial charge < -0.3 is 5.32 Å². The smallest absolute Gasteiger partial charge is 0.252 e. The van der Waals surface area contributed by atoms with Crippen molar-refractivity contribution >= 4 is 44.4 Å². The van der Waals surface area contributed by atoms with E-state index in [0.717, 1.165) is 26.4 Å². The summed E-state index contributed by atoms with van der Waals surface area (Å²) >= 11 is 5.56. The molecule has 4 heteroatoms. The van der Waals surface area contributed by atoms with Crippen molar-refractivity contribution in [3.63, 3.8) is 0 Å². The minimum Gasteiger partial charge on any atom is -0.349 e. The molecule has 1 aromatic rings. The van der Waals surface area contributed by atoms with Gasteiger partial charge in [-0.1, -0.05) is 29.8 Å².